The maximum Gasteiger partial charge on any atom is 0.166 e. The quantitative estimate of drug-likeness (QED) is 0.800. The molecule has 2 N–H and O–H groups in total. The Hall–Kier alpha value is -1.52. The Bertz CT molecular complexity index is 786. The molecule has 0 bridgehead atoms. The third-order valence-electron chi connectivity index (χ3n) is 7.67. The zero-order chi connectivity index (χ0) is 18.3. The number of benzene rings is 1. The average molecular weight is 355 g/mol. The van der Waals surface area contributed by atoms with Crippen LogP contribution in [0.5, 0.6) is 11.5 Å². The van der Waals surface area contributed by atoms with Gasteiger partial charge in [-0.2, -0.15) is 0 Å². The van der Waals surface area contributed by atoms with Crippen molar-refractivity contribution in [2.45, 2.75) is 69.1 Å². The molecule has 4 aliphatic rings. The molecule has 2 aliphatic heterocycles. The molecule has 0 unspecified atom stereocenters. The molecule has 2 aliphatic carbocycles. The fourth-order valence-electron chi connectivity index (χ4n) is 6.03. The Balaban J connectivity index is 1.67. The molecule has 1 aromatic rings. The third-order valence-corrected chi connectivity index (χ3v) is 7.67. The fourth-order valence-corrected chi connectivity index (χ4v) is 6.03. The molecule has 5 rings (SSSR count). The van der Waals surface area contributed by atoms with Gasteiger partial charge in [-0.15, -0.1) is 0 Å². The largest absolute Gasteiger partial charge is 0.504 e. The molecular formula is C22H29NO3. The summed E-state index contributed by atoms with van der Waals surface area (Å²) in [5, 5.41) is 22.6. The lowest BCUT2D eigenvalue weighted by atomic mass is 9.52. The van der Waals surface area contributed by atoms with Gasteiger partial charge >= 0.3 is 0 Å². The fraction of sp³-hybridized carbons (Fsp3) is 0.636. The number of aliphatic hydroxyl groups is 1. The van der Waals surface area contributed by atoms with Crippen LogP contribution in [0.1, 0.15) is 50.2 Å². The van der Waals surface area contributed by atoms with Crippen molar-refractivity contribution in [3.63, 3.8) is 0 Å². The number of phenols is 1. The summed E-state index contributed by atoms with van der Waals surface area (Å²) >= 11 is 0. The van der Waals surface area contributed by atoms with Crippen molar-refractivity contribution < 1.29 is 14.9 Å². The van der Waals surface area contributed by atoms with Crippen LogP contribution in [0.4, 0.5) is 0 Å². The zero-order valence-corrected chi connectivity index (χ0v) is 15.8. The number of likely N-dealkylation sites (tertiary alicyclic amines) is 1. The first-order valence-electron chi connectivity index (χ1n) is 10.0. The maximum atomic E-state index is 12.2. The van der Waals surface area contributed by atoms with Gasteiger partial charge in [0.2, 0.25) is 0 Å². The minimum atomic E-state index is -0.865. The molecule has 4 heteroatoms. The van der Waals surface area contributed by atoms with Crippen LogP contribution in [0.15, 0.2) is 24.3 Å². The first-order valence-corrected chi connectivity index (χ1v) is 10.0. The number of hydrogen-bond acceptors (Lipinski definition) is 4. The van der Waals surface area contributed by atoms with Gasteiger partial charge in [0.1, 0.15) is 6.10 Å². The lowest BCUT2D eigenvalue weighted by molar-refractivity contribution is -0.164. The summed E-state index contributed by atoms with van der Waals surface area (Å²) in [6.07, 6.45) is 4.74. The van der Waals surface area contributed by atoms with Gasteiger partial charge in [0.05, 0.1) is 11.0 Å². The second-order valence-electron chi connectivity index (χ2n) is 9.02. The van der Waals surface area contributed by atoms with Crippen molar-refractivity contribution in [1.29, 1.82) is 0 Å². The highest BCUT2D eigenvalue weighted by atomic mass is 16.5. The number of ether oxygens (including phenoxy) is 1. The molecule has 1 spiro atoms. The van der Waals surface area contributed by atoms with E-state index in [1.54, 1.807) is 6.07 Å². The van der Waals surface area contributed by atoms with E-state index in [4.69, 9.17) is 4.74 Å². The van der Waals surface area contributed by atoms with E-state index in [0.29, 0.717) is 12.2 Å². The molecule has 2 saturated carbocycles. The van der Waals surface area contributed by atoms with Gasteiger partial charge in [0, 0.05) is 18.2 Å². The number of piperidine rings is 1. The monoisotopic (exact) mass is 355 g/mol. The first-order chi connectivity index (χ1) is 12.4. The molecule has 0 radical (unpaired) electrons. The van der Waals surface area contributed by atoms with Crippen LogP contribution < -0.4 is 4.74 Å². The molecule has 1 aromatic carbocycles. The van der Waals surface area contributed by atoms with Crippen molar-refractivity contribution in [3.8, 4) is 11.5 Å². The van der Waals surface area contributed by atoms with E-state index in [1.165, 1.54) is 12.8 Å². The standard InChI is InChI=1S/C22H29NO3/c1-13-4-7-17(24)19-18(13)21-10-11-23(12-16-5-6-16)15(3)22(21,25)9-8-14(2)20(21)26-19/h4,7,15-16,20,24-25H,2,5-6,8-12H2,1,3H3/t15-,20+,21+,22-/m1/s1. The Kier molecular flexibility index (Phi) is 3.37. The van der Waals surface area contributed by atoms with E-state index >= 15 is 0 Å². The minimum Gasteiger partial charge on any atom is -0.504 e. The van der Waals surface area contributed by atoms with Crippen molar-refractivity contribution in [2.24, 2.45) is 5.92 Å². The van der Waals surface area contributed by atoms with Crippen LogP contribution in [0.2, 0.25) is 0 Å². The summed E-state index contributed by atoms with van der Waals surface area (Å²) < 4.78 is 6.31. The van der Waals surface area contributed by atoms with Crippen molar-refractivity contribution in [2.75, 3.05) is 13.1 Å². The minimum absolute atomic E-state index is 0.0729. The molecular weight excluding hydrogens is 326 g/mol. The molecule has 4 atom stereocenters. The van der Waals surface area contributed by atoms with Crippen molar-refractivity contribution in [1.82, 2.24) is 4.90 Å². The number of hydrogen-bond donors (Lipinski definition) is 2. The van der Waals surface area contributed by atoms with Gasteiger partial charge in [0.25, 0.3) is 0 Å². The number of fused-ring (bicyclic) bond motifs is 1. The van der Waals surface area contributed by atoms with Crippen LogP contribution in [-0.4, -0.2) is 45.9 Å². The lowest BCUT2D eigenvalue weighted by Gasteiger charge is -2.60. The number of rotatable bonds is 2. The predicted molar refractivity (Wildman–Crippen MR) is 101 cm³/mol. The van der Waals surface area contributed by atoms with Crippen LogP contribution in [-0.2, 0) is 5.41 Å². The van der Waals surface area contributed by atoms with E-state index in [2.05, 4.69) is 25.3 Å². The molecule has 1 saturated heterocycles. The maximum absolute atomic E-state index is 12.2. The van der Waals surface area contributed by atoms with Crippen molar-refractivity contribution >= 4 is 0 Å². The topological polar surface area (TPSA) is 52.9 Å². The number of phenolic OH excluding ortho intramolecular Hbond substituents is 1. The molecule has 26 heavy (non-hydrogen) atoms. The van der Waals surface area contributed by atoms with E-state index in [9.17, 15) is 10.2 Å². The summed E-state index contributed by atoms with van der Waals surface area (Å²) in [6, 6.07) is 3.73. The Labute approximate surface area is 155 Å². The van der Waals surface area contributed by atoms with Gasteiger partial charge in [-0.25, -0.2) is 0 Å². The summed E-state index contributed by atoms with van der Waals surface area (Å²) in [5.74, 6) is 1.55. The average Bonchev–Trinajstić information content (AvgIpc) is 3.35. The second-order valence-corrected chi connectivity index (χ2v) is 9.02. The number of aryl methyl sites for hydroxylation is 1. The zero-order valence-electron chi connectivity index (χ0n) is 15.8. The van der Waals surface area contributed by atoms with Crippen molar-refractivity contribution in [3.05, 3.63) is 35.4 Å². The van der Waals surface area contributed by atoms with E-state index in [1.807, 2.05) is 6.07 Å². The Morgan fingerprint density at radius 3 is 2.81 bits per heavy atom. The van der Waals surface area contributed by atoms with Crippen LogP contribution in [0, 0.1) is 12.8 Å². The molecule has 0 amide bonds. The highest BCUT2D eigenvalue weighted by Crippen LogP contribution is 2.63. The molecule has 0 aromatic heterocycles. The van der Waals surface area contributed by atoms with Gasteiger partial charge < -0.3 is 14.9 Å². The summed E-state index contributed by atoms with van der Waals surface area (Å²) in [7, 11) is 0. The van der Waals surface area contributed by atoms with Gasteiger partial charge in [0.15, 0.2) is 11.5 Å². The highest BCUT2D eigenvalue weighted by molar-refractivity contribution is 5.61. The summed E-state index contributed by atoms with van der Waals surface area (Å²) in [5.41, 5.74) is 1.79. The molecule has 2 heterocycles. The first kappa shape index (κ1) is 16.6. The van der Waals surface area contributed by atoms with Crippen LogP contribution in [0.3, 0.4) is 0 Å². The summed E-state index contributed by atoms with van der Waals surface area (Å²) in [6.45, 7) is 10.6. The van der Waals surface area contributed by atoms with Gasteiger partial charge in [-0.05, 0) is 75.6 Å². The van der Waals surface area contributed by atoms with E-state index in [-0.39, 0.29) is 17.9 Å². The lowest BCUT2D eigenvalue weighted by Crippen LogP contribution is -2.72. The predicted octanol–water partition coefficient (Wildman–Crippen LogP) is 3.28. The number of nitrogens with zero attached hydrogens (tertiary/aromatic N) is 1. The van der Waals surface area contributed by atoms with E-state index < -0.39 is 11.0 Å². The number of aromatic hydroxyl groups is 1. The van der Waals surface area contributed by atoms with Crippen LogP contribution in [0.25, 0.3) is 0 Å². The Morgan fingerprint density at radius 1 is 1.31 bits per heavy atom. The molecule has 140 valence electrons. The highest BCUT2D eigenvalue weighted by Gasteiger charge is 2.69. The van der Waals surface area contributed by atoms with Gasteiger partial charge in [-0.3, -0.25) is 4.90 Å². The third kappa shape index (κ3) is 1.92. The SMILES string of the molecule is C=C1CC[C@@]2(O)[C@@H](C)N(CC3CC3)CC[C@@]23c2c(C)ccc(O)c2O[C@@H]13. The molecule has 3 fully saturated rings. The smallest absolute Gasteiger partial charge is 0.166 e. The van der Waals surface area contributed by atoms with Crippen LogP contribution >= 0.6 is 0 Å². The second kappa shape index (κ2) is 5.26. The summed E-state index contributed by atoms with van der Waals surface area (Å²) in [4.78, 5) is 2.49. The Morgan fingerprint density at radius 2 is 2.08 bits per heavy atom. The molecule has 4 nitrogen and oxygen atoms in total. The normalized spacial score (nSPS) is 39.1. The van der Waals surface area contributed by atoms with E-state index in [0.717, 1.165) is 48.5 Å². The van der Waals surface area contributed by atoms with Gasteiger partial charge in [-0.1, -0.05) is 12.6 Å².